The molecule has 13 heavy (non-hydrogen) atoms. The van der Waals surface area contributed by atoms with Crippen LogP contribution in [0.1, 0.15) is 6.42 Å². The van der Waals surface area contributed by atoms with Crippen molar-refractivity contribution >= 4 is 17.1 Å². The topological polar surface area (TPSA) is 30.5 Å². The van der Waals surface area contributed by atoms with Crippen LogP contribution in [-0.2, 0) is 9.47 Å². The van der Waals surface area contributed by atoms with E-state index in [9.17, 15) is 0 Å². The molecule has 1 N–H and O–H groups in total. The Labute approximate surface area is 82.4 Å². The van der Waals surface area contributed by atoms with Crippen molar-refractivity contribution in [1.82, 2.24) is 5.32 Å². The summed E-state index contributed by atoms with van der Waals surface area (Å²) in [5.41, 5.74) is 1.01. The van der Waals surface area contributed by atoms with E-state index in [4.69, 9.17) is 21.7 Å². The molecule has 1 aliphatic carbocycles. The third-order valence-electron chi connectivity index (χ3n) is 1.88. The Morgan fingerprint density at radius 1 is 1.31 bits per heavy atom. The molecular formula is C9H11NO2S. The first kappa shape index (κ1) is 8.87. The van der Waals surface area contributed by atoms with Gasteiger partial charge < -0.3 is 14.8 Å². The monoisotopic (exact) mass is 197 g/mol. The van der Waals surface area contributed by atoms with Gasteiger partial charge >= 0.3 is 0 Å². The Morgan fingerprint density at radius 3 is 2.69 bits per heavy atom. The second-order valence-electron chi connectivity index (χ2n) is 2.88. The van der Waals surface area contributed by atoms with E-state index >= 15 is 0 Å². The molecule has 1 aliphatic heterocycles. The molecule has 1 fully saturated rings. The zero-order valence-corrected chi connectivity index (χ0v) is 7.97. The van der Waals surface area contributed by atoms with Crippen LogP contribution < -0.4 is 5.32 Å². The molecule has 0 aromatic heterocycles. The third kappa shape index (κ3) is 2.37. The second-order valence-corrected chi connectivity index (χ2v) is 3.41. The largest absolute Gasteiger partial charge is 0.337 e. The number of thiocarbonyl (C=S) groups is 1. The molecule has 0 unspecified atom stereocenters. The maximum Gasteiger partial charge on any atom is 0.238 e. The van der Waals surface area contributed by atoms with Gasteiger partial charge in [-0.2, -0.15) is 0 Å². The van der Waals surface area contributed by atoms with Gasteiger partial charge in [0.15, 0.2) is 0 Å². The summed E-state index contributed by atoms with van der Waals surface area (Å²) >= 11 is 5.02. The first-order valence-electron chi connectivity index (χ1n) is 4.25. The lowest BCUT2D eigenvalue weighted by Crippen LogP contribution is -2.29. The molecule has 0 atom stereocenters. The van der Waals surface area contributed by atoms with Gasteiger partial charge in [0.2, 0.25) is 6.41 Å². The summed E-state index contributed by atoms with van der Waals surface area (Å²) in [4.78, 5) is 0.957. The van der Waals surface area contributed by atoms with Crippen molar-refractivity contribution in [1.29, 1.82) is 0 Å². The van der Waals surface area contributed by atoms with E-state index < -0.39 is 0 Å². The first-order valence-corrected chi connectivity index (χ1v) is 4.66. The van der Waals surface area contributed by atoms with Crippen molar-refractivity contribution in [2.24, 2.45) is 0 Å². The summed E-state index contributed by atoms with van der Waals surface area (Å²) < 4.78 is 10.5. The molecule has 0 amide bonds. The summed E-state index contributed by atoms with van der Waals surface area (Å²) in [5, 5.41) is 3.11. The zero-order chi connectivity index (χ0) is 9.10. The van der Waals surface area contributed by atoms with Crippen molar-refractivity contribution in [2.75, 3.05) is 13.2 Å². The van der Waals surface area contributed by atoms with E-state index in [0.29, 0.717) is 13.2 Å². The predicted molar refractivity (Wildman–Crippen MR) is 53.3 cm³/mol. The van der Waals surface area contributed by atoms with Crippen LogP contribution in [0.15, 0.2) is 23.9 Å². The van der Waals surface area contributed by atoms with Crippen molar-refractivity contribution in [3.8, 4) is 0 Å². The van der Waals surface area contributed by atoms with Crippen LogP contribution in [0.3, 0.4) is 0 Å². The van der Waals surface area contributed by atoms with Crippen molar-refractivity contribution in [3.05, 3.63) is 23.9 Å². The van der Waals surface area contributed by atoms with E-state index in [1.165, 1.54) is 0 Å². The molecule has 2 aliphatic rings. The highest BCUT2D eigenvalue weighted by molar-refractivity contribution is 7.80. The Kier molecular flexibility index (Phi) is 2.73. The molecule has 1 saturated heterocycles. The molecule has 0 saturated carbocycles. The molecule has 4 heteroatoms. The van der Waals surface area contributed by atoms with E-state index in [2.05, 4.69) is 5.32 Å². The van der Waals surface area contributed by atoms with Gasteiger partial charge in [-0.15, -0.1) is 0 Å². The maximum atomic E-state index is 5.24. The molecule has 70 valence electrons. The molecular weight excluding hydrogens is 186 g/mol. The van der Waals surface area contributed by atoms with Crippen molar-refractivity contribution < 1.29 is 9.47 Å². The minimum atomic E-state index is -0.289. The standard InChI is InChI=1S/C9H11NO2S/c13-8-3-1-7(2-4-8)10-9-11-5-6-12-9/h1-3,9-10H,4-6H2. The average molecular weight is 197 g/mol. The Morgan fingerprint density at radius 2 is 2.08 bits per heavy atom. The molecule has 1 heterocycles. The highest BCUT2D eigenvalue weighted by atomic mass is 32.1. The number of hydrogen-bond donors (Lipinski definition) is 1. The Bertz CT molecular complexity index is 267. The molecule has 3 nitrogen and oxygen atoms in total. The Hall–Kier alpha value is -0.710. The van der Waals surface area contributed by atoms with E-state index in [1.54, 1.807) is 0 Å². The van der Waals surface area contributed by atoms with Crippen LogP contribution in [0.4, 0.5) is 0 Å². The SMILES string of the molecule is S=C1C=CC(NC2OCCO2)=CC1. The minimum Gasteiger partial charge on any atom is -0.337 e. The van der Waals surface area contributed by atoms with Crippen LogP contribution >= 0.6 is 12.2 Å². The van der Waals surface area contributed by atoms with Gasteiger partial charge in [-0.3, -0.25) is 0 Å². The lowest BCUT2D eigenvalue weighted by atomic mass is 10.1. The number of ether oxygens (including phenoxy) is 2. The number of allylic oxidation sites excluding steroid dienone is 3. The fourth-order valence-corrected chi connectivity index (χ4v) is 1.37. The lowest BCUT2D eigenvalue weighted by Gasteiger charge is -2.15. The van der Waals surface area contributed by atoms with Gasteiger partial charge in [0, 0.05) is 17.0 Å². The fourth-order valence-electron chi connectivity index (χ4n) is 1.21. The smallest absolute Gasteiger partial charge is 0.238 e. The van der Waals surface area contributed by atoms with Crippen LogP contribution in [0.2, 0.25) is 0 Å². The van der Waals surface area contributed by atoms with Crippen LogP contribution in [-0.4, -0.2) is 24.5 Å². The molecule has 0 bridgehead atoms. The number of hydrogen-bond acceptors (Lipinski definition) is 4. The number of rotatable bonds is 2. The predicted octanol–water partition coefficient (Wildman–Crippen LogP) is 1.12. The summed E-state index contributed by atoms with van der Waals surface area (Å²) in [7, 11) is 0. The van der Waals surface area contributed by atoms with Crippen molar-refractivity contribution in [3.63, 3.8) is 0 Å². The van der Waals surface area contributed by atoms with Gasteiger partial charge in [0.05, 0.1) is 13.2 Å². The van der Waals surface area contributed by atoms with Gasteiger partial charge in [0.25, 0.3) is 0 Å². The van der Waals surface area contributed by atoms with Crippen molar-refractivity contribution in [2.45, 2.75) is 12.8 Å². The van der Waals surface area contributed by atoms with Gasteiger partial charge in [0.1, 0.15) is 0 Å². The first-order chi connectivity index (χ1) is 6.34. The van der Waals surface area contributed by atoms with Gasteiger partial charge in [-0.05, 0) is 12.2 Å². The van der Waals surface area contributed by atoms with Gasteiger partial charge in [-0.1, -0.05) is 18.3 Å². The maximum absolute atomic E-state index is 5.24. The third-order valence-corrected chi connectivity index (χ3v) is 2.18. The molecule has 0 aromatic rings. The molecule has 0 aromatic carbocycles. The normalized spacial score (nSPS) is 23.4. The molecule has 2 rings (SSSR count). The lowest BCUT2D eigenvalue weighted by molar-refractivity contribution is -0.0584. The average Bonchev–Trinajstić information content (AvgIpc) is 2.62. The van der Waals surface area contributed by atoms with Crippen LogP contribution in [0.25, 0.3) is 0 Å². The van der Waals surface area contributed by atoms with Crippen LogP contribution in [0.5, 0.6) is 0 Å². The highest BCUT2D eigenvalue weighted by Gasteiger charge is 2.15. The number of nitrogens with one attached hydrogen (secondary N) is 1. The summed E-state index contributed by atoms with van der Waals surface area (Å²) in [6, 6.07) is 0. The summed E-state index contributed by atoms with van der Waals surface area (Å²) in [5.74, 6) is 0. The van der Waals surface area contributed by atoms with E-state index in [0.717, 1.165) is 17.0 Å². The van der Waals surface area contributed by atoms with Gasteiger partial charge in [-0.25, -0.2) is 0 Å². The summed E-state index contributed by atoms with van der Waals surface area (Å²) in [6.45, 7) is 1.32. The molecule has 0 radical (unpaired) electrons. The van der Waals surface area contributed by atoms with E-state index in [1.807, 2.05) is 18.2 Å². The highest BCUT2D eigenvalue weighted by Crippen LogP contribution is 2.09. The Balaban J connectivity index is 1.88. The quantitative estimate of drug-likeness (QED) is 0.672. The summed E-state index contributed by atoms with van der Waals surface area (Å²) in [6.07, 6.45) is 6.43. The molecule has 0 spiro atoms. The fraction of sp³-hybridized carbons (Fsp3) is 0.444. The van der Waals surface area contributed by atoms with Crippen LogP contribution in [0, 0.1) is 0 Å². The second kappa shape index (κ2) is 4.00. The minimum absolute atomic E-state index is 0.289. The van der Waals surface area contributed by atoms with E-state index in [-0.39, 0.29) is 6.41 Å². The zero-order valence-electron chi connectivity index (χ0n) is 7.16.